The highest BCUT2D eigenvalue weighted by Crippen LogP contribution is 2.32. The Hall–Kier alpha value is -1.56. The molecule has 1 atom stereocenters. The van der Waals surface area contributed by atoms with Crippen LogP contribution in [0.4, 0.5) is 4.79 Å². The number of carbonyl (C=O) groups is 1. The Bertz CT molecular complexity index is 658. The van der Waals surface area contributed by atoms with Crippen molar-refractivity contribution in [3.63, 3.8) is 0 Å². The van der Waals surface area contributed by atoms with Crippen LogP contribution >= 0.6 is 0 Å². The van der Waals surface area contributed by atoms with E-state index in [1.54, 1.807) is 13.8 Å². The zero-order chi connectivity index (χ0) is 17.8. The van der Waals surface area contributed by atoms with Crippen LogP contribution < -0.4 is 5.32 Å². The molecule has 0 saturated carbocycles. The topological polar surface area (TPSA) is 66.5 Å². The molecule has 1 aromatic carbocycles. The molecule has 0 radical (unpaired) electrons. The highest BCUT2D eigenvalue weighted by molar-refractivity contribution is 7.92. The molecular formula is C18H28N2O3S. The maximum absolute atomic E-state index is 12.5. The molecule has 1 fully saturated rings. The van der Waals surface area contributed by atoms with Crippen molar-refractivity contribution < 1.29 is 13.2 Å². The highest BCUT2D eigenvalue weighted by atomic mass is 32.2. The third-order valence-corrected chi connectivity index (χ3v) is 7.01. The summed E-state index contributed by atoms with van der Waals surface area (Å²) < 4.78 is 23.7. The Morgan fingerprint density at radius 2 is 1.96 bits per heavy atom. The van der Waals surface area contributed by atoms with Gasteiger partial charge in [0.1, 0.15) is 0 Å². The van der Waals surface area contributed by atoms with E-state index in [0.717, 1.165) is 19.3 Å². The number of nitrogens with one attached hydrogen (secondary N) is 1. The molecule has 134 valence electrons. The number of benzene rings is 1. The summed E-state index contributed by atoms with van der Waals surface area (Å²) in [4.78, 5) is 14.4. The molecule has 5 nitrogen and oxygen atoms in total. The van der Waals surface area contributed by atoms with Crippen LogP contribution in [0.15, 0.2) is 30.3 Å². The Kier molecular flexibility index (Phi) is 5.91. The number of likely N-dealkylation sites (tertiary alicyclic amines) is 1. The van der Waals surface area contributed by atoms with Gasteiger partial charge >= 0.3 is 6.03 Å². The molecule has 24 heavy (non-hydrogen) atoms. The van der Waals surface area contributed by atoms with Gasteiger partial charge in [-0.25, -0.2) is 13.2 Å². The van der Waals surface area contributed by atoms with Gasteiger partial charge in [0.15, 0.2) is 9.84 Å². The molecule has 1 aromatic rings. The van der Waals surface area contributed by atoms with Crippen molar-refractivity contribution in [1.29, 1.82) is 0 Å². The summed E-state index contributed by atoms with van der Waals surface area (Å²) in [7, 11) is -3.13. The molecule has 1 saturated heterocycles. The van der Waals surface area contributed by atoms with E-state index in [0.29, 0.717) is 6.54 Å². The molecule has 0 aromatic heterocycles. The maximum atomic E-state index is 12.5. The van der Waals surface area contributed by atoms with Crippen molar-refractivity contribution in [3.8, 4) is 0 Å². The molecule has 0 bridgehead atoms. The Morgan fingerprint density at radius 1 is 1.29 bits per heavy atom. The molecule has 2 amide bonds. The van der Waals surface area contributed by atoms with E-state index in [4.69, 9.17) is 0 Å². The predicted molar refractivity (Wildman–Crippen MR) is 96.8 cm³/mol. The number of sulfone groups is 1. The van der Waals surface area contributed by atoms with Gasteiger partial charge in [0.05, 0.1) is 11.0 Å². The van der Waals surface area contributed by atoms with Gasteiger partial charge in [0.25, 0.3) is 0 Å². The minimum Gasteiger partial charge on any atom is -0.337 e. The summed E-state index contributed by atoms with van der Waals surface area (Å²) in [6, 6.07) is 10.00. The lowest BCUT2D eigenvalue weighted by molar-refractivity contribution is 0.156. The minimum atomic E-state index is -3.13. The van der Waals surface area contributed by atoms with Crippen LogP contribution in [0.1, 0.15) is 39.2 Å². The Morgan fingerprint density at radius 3 is 2.58 bits per heavy atom. The molecular weight excluding hydrogens is 324 g/mol. The van der Waals surface area contributed by atoms with E-state index in [1.807, 2.05) is 23.1 Å². The predicted octanol–water partition coefficient (Wildman–Crippen LogP) is 2.62. The average molecular weight is 353 g/mol. The van der Waals surface area contributed by atoms with Crippen LogP contribution in [0.2, 0.25) is 0 Å². The summed E-state index contributed by atoms with van der Waals surface area (Å²) in [6.45, 7) is 6.31. The van der Waals surface area contributed by atoms with Gasteiger partial charge in [0.2, 0.25) is 0 Å². The Balaban J connectivity index is 1.95. The van der Waals surface area contributed by atoms with E-state index in [1.165, 1.54) is 5.56 Å². The fraction of sp³-hybridized carbons (Fsp3) is 0.611. The fourth-order valence-corrected chi connectivity index (χ4v) is 4.08. The van der Waals surface area contributed by atoms with Gasteiger partial charge in [-0.3, -0.25) is 0 Å². The standard InChI is InChI=1S/C18H28N2O3S/c1-15(2)24(22,23)13-11-19-17(21)20-12-7-10-18(20,3)14-16-8-5-4-6-9-16/h4-6,8-9,15H,7,10-14H2,1-3H3,(H,19,21). The number of rotatable bonds is 6. The SMILES string of the molecule is CC(C)S(=O)(=O)CCNC(=O)N1CCCC1(C)Cc1ccccc1. The van der Waals surface area contributed by atoms with Crippen molar-refractivity contribution in [3.05, 3.63) is 35.9 Å². The molecule has 1 aliphatic heterocycles. The lowest BCUT2D eigenvalue weighted by Gasteiger charge is -2.35. The lowest BCUT2D eigenvalue weighted by Crippen LogP contribution is -2.51. The van der Waals surface area contributed by atoms with Crippen LogP contribution in [0.3, 0.4) is 0 Å². The first-order valence-electron chi connectivity index (χ1n) is 8.55. The molecule has 1 unspecified atom stereocenters. The smallest absolute Gasteiger partial charge is 0.317 e. The number of urea groups is 1. The number of amides is 2. The van der Waals surface area contributed by atoms with Crippen molar-refractivity contribution in [2.24, 2.45) is 0 Å². The van der Waals surface area contributed by atoms with Crippen molar-refractivity contribution in [2.45, 2.75) is 50.8 Å². The van der Waals surface area contributed by atoms with Gasteiger partial charge < -0.3 is 10.2 Å². The largest absolute Gasteiger partial charge is 0.337 e. The number of hydrogen-bond acceptors (Lipinski definition) is 3. The lowest BCUT2D eigenvalue weighted by atomic mass is 9.90. The number of nitrogens with zero attached hydrogens (tertiary/aromatic N) is 1. The second-order valence-corrected chi connectivity index (χ2v) is 9.74. The van der Waals surface area contributed by atoms with Crippen LogP contribution in [0.5, 0.6) is 0 Å². The van der Waals surface area contributed by atoms with E-state index in [2.05, 4.69) is 24.4 Å². The van der Waals surface area contributed by atoms with Gasteiger partial charge in [-0.2, -0.15) is 0 Å². The summed E-state index contributed by atoms with van der Waals surface area (Å²) >= 11 is 0. The van der Waals surface area contributed by atoms with Crippen molar-refractivity contribution in [1.82, 2.24) is 10.2 Å². The van der Waals surface area contributed by atoms with Crippen LogP contribution in [-0.4, -0.2) is 49.0 Å². The van der Waals surface area contributed by atoms with Gasteiger partial charge in [-0.15, -0.1) is 0 Å². The van der Waals surface area contributed by atoms with Crippen molar-refractivity contribution >= 4 is 15.9 Å². The van der Waals surface area contributed by atoms with Crippen LogP contribution in [0.25, 0.3) is 0 Å². The first kappa shape index (κ1) is 18.8. The summed E-state index contributed by atoms with van der Waals surface area (Å²) in [5.41, 5.74) is 0.990. The summed E-state index contributed by atoms with van der Waals surface area (Å²) in [5.74, 6) is -0.0142. The normalized spacial score (nSPS) is 21.2. The Labute approximate surface area is 145 Å². The number of carbonyl (C=O) groups excluding carboxylic acids is 1. The quantitative estimate of drug-likeness (QED) is 0.856. The minimum absolute atomic E-state index is 0.0142. The fourth-order valence-electron chi connectivity index (χ4n) is 3.22. The van der Waals surface area contributed by atoms with Crippen molar-refractivity contribution in [2.75, 3.05) is 18.8 Å². The first-order valence-corrected chi connectivity index (χ1v) is 10.3. The van der Waals surface area contributed by atoms with Gasteiger partial charge in [-0.1, -0.05) is 30.3 Å². The zero-order valence-corrected chi connectivity index (χ0v) is 15.6. The molecule has 2 rings (SSSR count). The molecule has 1 N–H and O–H groups in total. The monoisotopic (exact) mass is 352 g/mol. The van der Waals surface area contributed by atoms with E-state index in [9.17, 15) is 13.2 Å². The zero-order valence-electron chi connectivity index (χ0n) is 14.8. The summed E-state index contributed by atoms with van der Waals surface area (Å²) in [6.07, 6.45) is 2.74. The second-order valence-electron chi connectivity index (χ2n) is 7.06. The third-order valence-electron chi connectivity index (χ3n) is 4.80. The molecule has 0 aliphatic carbocycles. The van der Waals surface area contributed by atoms with Gasteiger partial charge in [0, 0.05) is 18.6 Å². The number of hydrogen-bond donors (Lipinski definition) is 1. The van der Waals surface area contributed by atoms with E-state index >= 15 is 0 Å². The highest BCUT2D eigenvalue weighted by Gasteiger charge is 2.39. The van der Waals surface area contributed by atoms with Crippen LogP contribution in [0, 0.1) is 0 Å². The maximum Gasteiger partial charge on any atom is 0.317 e. The third kappa shape index (κ3) is 4.50. The van der Waals surface area contributed by atoms with Gasteiger partial charge in [-0.05, 0) is 45.6 Å². The molecule has 0 spiro atoms. The van der Waals surface area contributed by atoms with E-state index < -0.39 is 15.1 Å². The van der Waals surface area contributed by atoms with Crippen LogP contribution in [-0.2, 0) is 16.3 Å². The molecule has 1 aliphatic rings. The average Bonchev–Trinajstić information content (AvgIpc) is 2.89. The van der Waals surface area contributed by atoms with E-state index in [-0.39, 0.29) is 23.9 Å². The molecule has 6 heteroatoms. The first-order chi connectivity index (χ1) is 11.2. The second kappa shape index (κ2) is 7.55. The molecule has 1 heterocycles. The summed E-state index contributed by atoms with van der Waals surface area (Å²) in [5, 5.41) is 2.37.